The van der Waals surface area contributed by atoms with Crippen molar-refractivity contribution in [2.24, 2.45) is 11.8 Å². The lowest BCUT2D eigenvalue weighted by molar-refractivity contribution is 0.0511. The number of alkyl halides is 1. The number of benzene rings is 1. The maximum atomic E-state index is 5.97. The van der Waals surface area contributed by atoms with Crippen molar-refractivity contribution in [3.05, 3.63) is 22.2 Å². The number of rotatable bonds is 4. The van der Waals surface area contributed by atoms with Gasteiger partial charge < -0.3 is 14.2 Å². The lowest BCUT2D eigenvalue weighted by atomic mass is 9.84. The van der Waals surface area contributed by atoms with E-state index in [2.05, 4.69) is 52.6 Å². The highest BCUT2D eigenvalue weighted by atomic mass is 79.9. The van der Waals surface area contributed by atoms with Crippen LogP contribution in [0.5, 0.6) is 11.5 Å². The van der Waals surface area contributed by atoms with Gasteiger partial charge in [-0.05, 0) is 37.5 Å². The summed E-state index contributed by atoms with van der Waals surface area (Å²) in [5.41, 5.74) is 1.16. The maximum absolute atomic E-state index is 5.97. The second kappa shape index (κ2) is 6.88. The predicted octanol–water partition coefficient (Wildman–Crippen LogP) is 4.96. The molecule has 1 saturated heterocycles. The molecule has 21 heavy (non-hydrogen) atoms. The Labute approximate surface area is 143 Å². The topological polar surface area (TPSA) is 27.7 Å². The maximum Gasteiger partial charge on any atom is 0.161 e. The number of hydrogen-bond donors (Lipinski definition) is 0. The molecule has 1 heterocycles. The summed E-state index contributed by atoms with van der Waals surface area (Å²) in [6.45, 7) is 6.54. The SMILES string of the molecule is COc1cc(Br)c(C(Br)C2C(C)OC(C)C2C)cc1OC. The first-order chi connectivity index (χ1) is 9.90. The van der Waals surface area contributed by atoms with Crippen molar-refractivity contribution in [1.82, 2.24) is 0 Å². The van der Waals surface area contributed by atoms with Gasteiger partial charge in [0.25, 0.3) is 0 Å². The molecule has 5 unspecified atom stereocenters. The van der Waals surface area contributed by atoms with E-state index in [9.17, 15) is 0 Å². The van der Waals surface area contributed by atoms with Crippen molar-refractivity contribution in [2.45, 2.75) is 37.8 Å². The second-order valence-electron chi connectivity index (χ2n) is 5.61. The third-order valence-electron chi connectivity index (χ3n) is 4.46. The van der Waals surface area contributed by atoms with E-state index in [1.165, 1.54) is 0 Å². The standard InChI is InChI=1S/C16H22Br2O3/c1-8-9(2)21-10(3)15(8)16(18)11-6-13(19-4)14(20-5)7-12(11)17/h6-10,15-16H,1-5H3. The Morgan fingerprint density at radius 1 is 1.05 bits per heavy atom. The van der Waals surface area contributed by atoms with E-state index in [1.807, 2.05) is 12.1 Å². The highest BCUT2D eigenvalue weighted by Gasteiger charge is 2.42. The van der Waals surface area contributed by atoms with Crippen LogP contribution in [0.4, 0.5) is 0 Å². The molecule has 1 aliphatic rings. The van der Waals surface area contributed by atoms with Gasteiger partial charge in [0.15, 0.2) is 11.5 Å². The highest BCUT2D eigenvalue weighted by Crippen LogP contribution is 2.48. The Hall–Kier alpha value is -0.260. The van der Waals surface area contributed by atoms with Crippen molar-refractivity contribution in [3.8, 4) is 11.5 Å². The van der Waals surface area contributed by atoms with Crippen molar-refractivity contribution in [1.29, 1.82) is 0 Å². The molecular formula is C16H22Br2O3. The summed E-state index contributed by atoms with van der Waals surface area (Å²) in [7, 11) is 3.30. The fraction of sp³-hybridized carbons (Fsp3) is 0.625. The molecule has 0 radical (unpaired) electrons. The Bertz CT molecular complexity index is 507. The monoisotopic (exact) mass is 420 g/mol. The van der Waals surface area contributed by atoms with Gasteiger partial charge in [0.05, 0.1) is 26.4 Å². The summed E-state index contributed by atoms with van der Waals surface area (Å²) in [6, 6.07) is 3.99. The van der Waals surface area contributed by atoms with Crippen molar-refractivity contribution in [3.63, 3.8) is 0 Å². The van der Waals surface area contributed by atoms with Crippen LogP contribution in [0, 0.1) is 11.8 Å². The molecule has 2 rings (SSSR count). The molecular weight excluding hydrogens is 400 g/mol. The molecule has 0 N–H and O–H groups in total. The minimum Gasteiger partial charge on any atom is -0.493 e. The third kappa shape index (κ3) is 3.25. The quantitative estimate of drug-likeness (QED) is 0.643. The van der Waals surface area contributed by atoms with E-state index >= 15 is 0 Å². The molecule has 0 bridgehead atoms. The molecule has 118 valence electrons. The average molecular weight is 422 g/mol. The van der Waals surface area contributed by atoms with Crippen LogP contribution in [0.15, 0.2) is 16.6 Å². The molecule has 5 heteroatoms. The number of halogens is 2. The fourth-order valence-electron chi connectivity index (χ4n) is 3.09. The Morgan fingerprint density at radius 3 is 2.10 bits per heavy atom. The smallest absolute Gasteiger partial charge is 0.161 e. The molecule has 0 amide bonds. The molecule has 0 saturated carbocycles. The van der Waals surface area contributed by atoms with Gasteiger partial charge in [-0.3, -0.25) is 0 Å². The fourth-order valence-corrected chi connectivity index (χ4v) is 5.25. The van der Waals surface area contributed by atoms with Crippen LogP contribution in [0.2, 0.25) is 0 Å². The van der Waals surface area contributed by atoms with Crippen molar-refractivity contribution in [2.75, 3.05) is 14.2 Å². The molecule has 5 atom stereocenters. The summed E-state index contributed by atoms with van der Waals surface area (Å²) in [5.74, 6) is 2.37. The zero-order chi connectivity index (χ0) is 15.7. The van der Waals surface area contributed by atoms with E-state index in [0.717, 1.165) is 21.5 Å². The summed E-state index contributed by atoms with van der Waals surface area (Å²) in [6.07, 6.45) is 0.503. The summed E-state index contributed by atoms with van der Waals surface area (Å²) in [4.78, 5) is 0.196. The zero-order valence-electron chi connectivity index (χ0n) is 13.0. The van der Waals surface area contributed by atoms with Gasteiger partial charge in [0.1, 0.15) is 0 Å². The molecule has 1 aromatic rings. The highest BCUT2D eigenvalue weighted by molar-refractivity contribution is 9.11. The summed E-state index contributed by atoms with van der Waals surface area (Å²) in [5, 5.41) is 0. The largest absolute Gasteiger partial charge is 0.493 e. The lowest BCUT2D eigenvalue weighted by Gasteiger charge is -2.26. The molecule has 3 nitrogen and oxygen atoms in total. The molecule has 0 aromatic heterocycles. The number of ether oxygens (including phenoxy) is 3. The first-order valence-corrected chi connectivity index (χ1v) is 8.82. The zero-order valence-corrected chi connectivity index (χ0v) is 16.2. The van der Waals surface area contributed by atoms with Crippen LogP contribution >= 0.6 is 31.9 Å². The van der Waals surface area contributed by atoms with Crippen LogP contribution in [0.25, 0.3) is 0 Å². The molecule has 1 fully saturated rings. The van der Waals surface area contributed by atoms with Crippen LogP contribution in [0.3, 0.4) is 0 Å². The molecule has 1 aromatic carbocycles. The van der Waals surface area contributed by atoms with Crippen LogP contribution < -0.4 is 9.47 Å². The summed E-state index contributed by atoms with van der Waals surface area (Å²) < 4.78 is 17.7. The third-order valence-corrected chi connectivity index (χ3v) is 6.25. The van der Waals surface area contributed by atoms with E-state index in [1.54, 1.807) is 14.2 Å². The van der Waals surface area contributed by atoms with Gasteiger partial charge in [0.2, 0.25) is 0 Å². The van der Waals surface area contributed by atoms with Gasteiger partial charge in [-0.25, -0.2) is 0 Å². The van der Waals surface area contributed by atoms with Gasteiger partial charge in [-0.15, -0.1) is 0 Å². The minimum absolute atomic E-state index is 0.196. The molecule has 0 aliphatic carbocycles. The number of methoxy groups -OCH3 is 2. The first kappa shape index (κ1) is 17.1. The van der Waals surface area contributed by atoms with E-state index in [0.29, 0.717) is 11.8 Å². The Morgan fingerprint density at radius 2 is 1.62 bits per heavy atom. The summed E-state index contributed by atoms with van der Waals surface area (Å²) >= 11 is 7.52. The van der Waals surface area contributed by atoms with Crippen LogP contribution in [0.1, 0.15) is 31.2 Å². The van der Waals surface area contributed by atoms with Gasteiger partial charge in [0, 0.05) is 15.2 Å². The van der Waals surface area contributed by atoms with Gasteiger partial charge in [-0.1, -0.05) is 38.8 Å². The predicted molar refractivity (Wildman–Crippen MR) is 91.6 cm³/mol. The normalized spacial score (nSPS) is 30.2. The van der Waals surface area contributed by atoms with E-state index < -0.39 is 0 Å². The molecule has 0 spiro atoms. The van der Waals surface area contributed by atoms with Crippen LogP contribution in [-0.2, 0) is 4.74 Å². The Balaban J connectivity index is 2.37. The first-order valence-electron chi connectivity index (χ1n) is 7.11. The van der Waals surface area contributed by atoms with Crippen molar-refractivity contribution < 1.29 is 14.2 Å². The van der Waals surface area contributed by atoms with E-state index in [-0.39, 0.29) is 17.0 Å². The lowest BCUT2D eigenvalue weighted by Crippen LogP contribution is -2.22. The van der Waals surface area contributed by atoms with Crippen molar-refractivity contribution >= 4 is 31.9 Å². The minimum atomic E-state index is 0.196. The van der Waals surface area contributed by atoms with Gasteiger partial charge in [-0.2, -0.15) is 0 Å². The second-order valence-corrected chi connectivity index (χ2v) is 7.45. The Kier molecular flexibility index (Phi) is 5.60. The molecule has 1 aliphatic heterocycles. The van der Waals surface area contributed by atoms with Crippen LogP contribution in [-0.4, -0.2) is 26.4 Å². The average Bonchev–Trinajstić information content (AvgIpc) is 2.71. The van der Waals surface area contributed by atoms with E-state index in [4.69, 9.17) is 14.2 Å². The van der Waals surface area contributed by atoms with Gasteiger partial charge >= 0.3 is 0 Å². The number of hydrogen-bond acceptors (Lipinski definition) is 3.